The van der Waals surface area contributed by atoms with E-state index in [9.17, 15) is 36.5 Å². The highest BCUT2D eigenvalue weighted by Crippen LogP contribution is 2.45. The summed E-state index contributed by atoms with van der Waals surface area (Å²) in [6.07, 6.45) is 3.25. The second-order valence-corrected chi connectivity index (χ2v) is 20.2. The van der Waals surface area contributed by atoms with Crippen molar-refractivity contribution in [1.29, 1.82) is 0 Å². The summed E-state index contributed by atoms with van der Waals surface area (Å²) in [6.45, 7) is 11.1. The molecule has 5 aromatic rings. The molecule has 1 aliphatic carbocycles. The Hall–Kier alpha value is -5.78. The number of rotatable bonds is 14. The zero-order valence-electron chi connectivity index (χ0n) is 36.7. The number of aromatic amines is 1. The van der Waals surface area contributed by atoms with Crippen LogP contribution in [0.3, 0.4) is 0 Å². The first kappa shape index (κ1) is 45.8. The molecule has 2 fully saturated rings. The van der Waals surface area contributed by atoms with Gasteiger partial charge in [-0.15, -0.1) is 0 Å². The third-order valence-corrected chi connectivity index (χ3v) is 14.4. The van der Waals surface area contributed by atoms with Gasteiger partial charge in [0, 0.05) is 75.3 Å². The van der Waals surface area contributed by atoms with E-state index in [1.165, 1.54) is 36.0 Å². The quantitative estimate of drug-likeness (QED) is 0.0620. The fourth-order valence-corrected chi connectivity index (χ4v) is 10.3. The molecule has 2 saturated heterocycles. The number of nitro benzene ring substituents is 1. The number of hydrogen-bond donors (Lipinski definition) is 2. The third-order valence-electron chi connectivity index (χ3n) is 12.8. The van der Waals surface area contributed by atoms with Crippen LogP contribution >= 0.6 is 0 Å². The van der Waals surface area contributed by atoms with E-state index >= 15 is 0 Å². The minimum atomic E-state index is -4.41. The average molecular weight is 915 g/mol. The maximum atomic E-state index is 14.0. The Morgan fingerprint density at radius 1 is 1.06 bits per heavy atom. The number of hydrogen-bond acceptors (Lipinski definition) is 11. The van der Waals surface area contributed by atoms with E-state index in [0.717, 1.165) is 60.4 Å². The lowest BCUT2D eigenvalue weighted by Crippen LogP contribution is -2.47. The lowest BCUT2D eigenvalue weighted by Gasteiger charge is -2.39. The van der Waals surface area contributed by atoms with Crippen molar-refractivity contribution in [3.63, 3.8) is 0 Å². The van der Waals surface area contributed by atoms with Gasteiger partial charge in [-0.1, -0.05) is 25.5 Å². The number of Topliss-reactive ketones (excluding diaryl/α,β-unsaturated/α-hetero) is 1. The van der Waals surface area contributed by atoms with Gasteiger partial charge in [-0.25, -0.2) is 13.4 Å². The highest BCUT2D eigenvalue weighted by atomic mass is 32.2. The summed E-state index contributed by atoms with van der Waals surface area (Å²) < 4.78 is 80.1. The normalized spacial score (nSPS) is 18.5. The van der Waals surface area contributed by atoms with Gasteiger partial charge in [-0.2, -0.15) is 13.2 Å². The van der Waals surface area contributed by atoms with Crippen molar-refractivity contribution in [2.45, 2.75) is 63.9 Å². The number of nitrogens with one attached hydrogen (secondary N) is 2. The Labute approximate surface area is 376 Å². The molecule has 8 rings (SSSR count). The van der Waals surface area contributed by atoms with E-state index in [0.29, 0.717) is 69.4 Å². The molecule has 17 heteroatoms. The number of nitrogens with zero attached hydrogens (tertiary/aromatic N) is 4. The Morgan fingerprint density at radius 3 is 2.58 bits per heavy atom. The molecule has 0 bridgehead atoms. The fourth-order valence-electron chi connectivity index (χ4n) is 9.09. The molecule has 65 heavy (non-hydrogen) atoms. The fraction of sp³-hybridized carbons (Fsp3) is 0.417. The predicted octanol–water partition coefficient (Wildman–Crippen LogP) is 9.87. The highest BCUT2D eigenvalue weighted by Gasteiger charge is 2.34. The Bertz CT molecular complexity index is 2740. The highest BCUT2D eigenvalue weighted by molar-refractivity contribution is 7.92. The Morgan fingerprint density at radius 2 is 1.86 bits per heavy atom. The second-order valence-electron chi connectivity index (χ2n) is 18.2. The number of ketones is 1. The number of nitro groups is 1. The number of alkyl halides is 3. The second kappa shape index (κ2) is 18.6. The van der Waals surface area contributed by atoms with Gasteiger partial charge in [-0.05, 0) is 116 Å². The number of anilines is 2. The summed E-state index contributed by atoms with van der Waals surface area (Å²) >= 11 is 0. The molecule has 344 valence electrons. The number of fused-ring (bicyclic) bond motifs is 1. The number of piperazine rings is 1. The van der Waals surface area contributed by atoms with Crippen LogP contribution in [0, 0.1) is 28.4 Å². The molecule has 1 unspecified atom stereocenters. The van der Waals surface area contributed by atoms with Gasteiger partial charge >= 0.3 is 6.18 Å². The van der Waals surface area contributed by atoms with Crippen molar-refractivity contribution >= 4 is 49.3 Å². The van der Waals surface area contributed by atoms with Gasteiger partial charge in [-0.3, -0.25) is 19.8 Å². The number of carbonyl (C=O) groups is 1. The number of aromatic nitrogens is 2. The van der Waals surface area contributed by atoms with Gasteiger partial charge in [0.05, 0.1) is 33.7 Å². The van der Waals surface area contributed by atoms with E-state index in [2.05, 4.69) is 38.9 Å². The standard InChI is InChI=1S/C48H53F3N6O7S/c1-31-21-35(48(49,50)51)6-9-39(31)41-25-47(2,3)14-12-34(41)28-55-16-18-56(19-17-55)36-7-10-40(45(23-36)64-37-22-33-13-15-52-46(33)54-27-37)44(58)30-65(61,62)38-8-11-42(43(24-38)57(59)60)53-26-32-5-4-20-63-29-32/h6-11,13,15,21-24,27,32,53H,4-5,12,14,16-20,25-26,28-30H2,1-3H3,(H,52,54). The first-order valence-electron chi connectivity index (χ1n) is 21.9. The lowest BCUT2D eigenvalue weighted by molar-refractivity contribution is -0.384. The molecule has 2 N–H and O–H groups in total. The minimum absolute atomic E-state index is 0.0158. The molecule has 1 atom stereocenters. The average Bonchev–Trinajstić information content (AvgIpc) is 3.74. The molecule has 0 amide bonds. The first-order chi connectivity index (χ1) is 30.9. The van der Waals surface area contributed by atoms with E-state index < -0.39 is 43.7 Å². The third kappa shape index (κ3) is 10.7. The number of pyridine rings is 1. The van der Waals surface area contributed by atoms with Crippen LogP contribution in [-0.4, -0.2) is 92.2 Å². The molecule has 3 aliphatic rings. The predicted molar refractivity (Wildman–Crippen MR) is 244 cm³/mol. The van der Waals surface area contributed by atoms with Gasteiger partial charge in [0.1, 0.15) is 28.6 Å². The zero-order chi connectivity index (χ0) is 46.1. The number of carbonyl (C=O) groups excluding carboxylic acids is 1. The number of aryl methyl sites for hydroxylation is 1. The number of benzene rings is 3. The molecule has 13 nitrogen and oxygen atoms in total. The summed E-state index contributed by atoms with van der Waals surface area (Å²) in [5.74, 6) is -1.08. The molecule has 4 heterocycles. The number of halogens is 3. The van der Waals surface area contributed by atoms with Crippen LogP contribution in [0.2, 0.25) is 0 Å². The molecule has 0 radical (unpaired) electrons. The van der Waals surface area contributed by atoms with Gasteiger partial charge in [0.15, 0.2) is 15.6 Å². The molecule has 0 spiro atoms. The summed E-state index contributed by atoms with van der Waals surface area (Å²) in [6, 6.07) is 16.3. The molecule has 3 aromatic carbocycles. The van der Waals surface area contributed by atoms with E-state index in [1.54, 1.807) is 43.5 Å². The van der Waals surface area contributed by atoms with Crippen molar-refractivity contribution < 1.29 is 40.8 Å². The van der Waals surface area contributed by atoms with Crippen LogP contribution < -0.4 is 15.0 Å². The van der Waals surface area contributed by atoms with Crippen molar-refractivity contribution in [2.75, 3.05) is 68.5 Å². The van der Waals surface area contributed by atoms with Crippen LogP contribution in [0.25, 0.3) is 16.6 Å². The van der Waals surface area contributed by atoms with Crippen LogP contribution in [0.4, 0.5) is 30.2 Å². The maximum absolute atomic E-state index is 14.0. The molecular formula is C48H53F3N6O7S. The molecule has 2 aliphatic heterocycles. The van der Waals surface area contributed by atoms with Crippen LogP contribution in [0.1, 0.15) is 73.0 Å². The van der Waals surface area contributed by atoms with E-state index in [4.69, 9.17) is 9.47 Å². The largest absolute Gasteiger partial charge is 0.455 e. The van der Waals surface area contributed by atoms with Gasteiger partial charge in [0.2, 0.25) is 0 Å². The Kier molecular flexibility index (Phi) is 13.1. The van der Waals surface area contributed by atoms with E-state index in [-0.39, 0.29) is 33.2 Å². The molecule has 0 saturated carbocycles. The van der Waals surface area contributed by atoms with Crippen LogP contribution in [0.5, 0.6) is 11.5 Å². The Balaban J connectivity index is 1.01. The number of sulfone groups is 1. The summed E-state index contributed by atoms with van der Waals surface area (Å²) in [5.41, 5.74) is 4.40. The smallest absolute Gasteiger partial charge is 0.416 e. The van der Waals surface area contributed by atoms with Crippen LogP contribution in [-0.2, 0) is 20.8 Å². The number of allylic oxidation sites excluding steroid dienone is 1. The SMILES string of the molecule is Cc1cc(C(F)(F)F)ccc1C1=C(CN2CCN(c3ccc(C(=O)CS(=O)(=O)c4ccc(NCC5CCCOC5)c([N+](=O)[O-])c4)c(Oc4cnc5[nH]ccc5c4)c3)CC2)CCC(C)(C)C1. The van der Waals surface area contributed by atoms with Crippen molar-refractivity contribution in [3.05, 3.63) is 117 Å². The lowest BCUT2D eigenvalue weighted by atomic mass is 9.72. The van der Waals surface area contributed by atoms with Crippen molar-refractivity contribution in [1.82, 2.24) is 14.9 Å². The summed E-state index contributed by atoms with van der Waals surface area (Å²) in [5, 5.41) is 15.9. The maximum Gasteiger partial charge on any atom is 0.416 e. The first-order valence-corrected chi connectivity index (χ1v) is 23.6. The van der Waals surface area contributed by atoms with Crippen molar-refractivity contribution in [2.24, 2.45) is 11.3 Å². The van der Waals surface area contributed by atoms with Crippen molar-refractivity contribution in [3.8, 4) is 11.5 Å². The van der Waals surface area contributed by atoms with Crippen LogP contribution in [0.15, 0.2) is 89.6 Å². The monoisotopic (exact) mass is 914 g/mol. The number of ether oxygens (including phenoxy) is 2. The zero-order valence-corrected chi connectivity index (χ0v) is 37.5. The minimum Gasteiger partial charge on any atom is -0.455 e. The van der Waals surface area contributed by atoms with E-state index in [1.807, 2.05) is 6.07 Å². The number of H-pyrrole nitrogens is 1. The summed E-state index contributed by atoms with van der Waals surface area (Å²) in [7, 11) is -4.35. The molecule has 2 aromatic heterocycles. The molecular weight excluding hydrogens is 862 g/mol. The van der Waals surface area contributed by atoms with Gasteiger partial charge in [0.25, 0.3) is 5.69 Å². The topological polar surface area (TPSA) is 160 Å². The summed E-state index contributed by atoms with van der Waals surface area (Å²) in [4.78, 5) is 37.1. The van der Waals surface area contributed by atoms with Gasteiger partial charge < -0.3 is 24.7 Å².